The highest BCUT2D eigenvalue weighted by atomic mass is 16.3. The second kappa shape index (κ2) is 8.14. The molecular formula is C28H50O. The summed E-state index contributed by atoms with van der Waals surface area (Å²) in [4.78, 5) is 0. The number of rotatable bonds is 5. The topological polar surface area (TPSA) is 20.2 Å². The van der Waals surface area contributed by atoms with Crippen molar-refractivity contribution in [3.05, 3.63) is 0 Å². The van der Waals surface area contributed by atoms with Gasteiger partial charge in [0.05, 0.1) is 6.10 Å². The normalized spacial score (nSPS) is 49.2. The van der Waals surface area contributed by atoms with Crippen molar-refractivity contribution in [2.45, 2.75) is 118 Å². The molecule has 1 heteroatoms. The molecule has 10 atom stereocenters. The fourth-order valence-corrected chi connectivity index (χ4v) is 9.27. The van der Waals surface area contributed by atoms with Crippen molar-refractivity contribution in [3.63, 3.8) is 0 Å². The van der Waals surface area contributed by atoms with Gasteiger partial charge in [-0.3, -0.25) is 0 Å². The first kappa shape index (κ1) is 22.2. The lowest BCUT2D eigenvalue weighted by Gasteiger charge is -2.61. The van der Waals surface area contributed by atoms with Gasteiger partial charge in [0.2, 0.25) is 0 Å². The molecule has 0 unspecified atom stereocenters. The van der Waals surface area contributed by atoms with Gasteiger partial charge in [-0.1, -0.05) is 54.4 Å². The smallest absolute Gasteiger partial charge is 0.0543 e. The molecule has 0 aliphatic heterocycles. The van der Waals surface area contributed by atoms with Gasteiger partial charge in [-0.2, -0.15) is 0 Å². The van der Waals surface area contributed by atoms with Gasteiger partial charge in [0.25, 0.3) is 0 Å². The molecule has 29 heavy (non-hydrogen) atoms. The summed E-state index contributed by atoms with van der Waals surface area (Å²) < 4.78 is 0. The fourth-order valence-electron chi connectivity index (χ4n) is 9.27. The Morgan fingerprint density at radius 2 is 1.48 bits per heavy atom. The van der Waals surface area contributed by atoms with Crippen molar-refractivity contribution in [3.8, 4) is 0 Å². The molecule has 0 spiro atoms. The van der Waals surface area contributed by atoms with Crippen LogP contribution >= 0.6 is 0 Å². The first-order valence-corrected chi connectivity index (χ1v) is 13.3. The lowest BCUT2D eigenvalue weighted by Crippen LogP contribution is -2.54. The zero-order valence-electron chi connectivity index (χ0n) is 20.4. The number of aliphatic hydroxyl groups is 1. The van der Waals surface area contributed by atoms with Gasteiger partial charge in [-0.05, 0) is 116 Å². The second-order valence-corrected chi connectivity index (χ2v) is 13.1. The summed E-state index contributed by atoms with van der Waals surface area (Å²) in [6.07, 6.45) is 15.1. The Labute approximate surface area is 181 Å². The molecule has 4 fully saturated rings. The van der Waals surface area contributed by atoms with Crippen LogP contribution in [0.5, 0.6) is 0 Å². The molecule has 0 amide bonds. The molecule has 0 aromatic heterocycles. The molecule has 4 rings (SSSR count). The predicted molar refractivity (Wildman–Crippen MR) is 124 cm³/mol. The molecular weight excluding hydrogens is 352 g/mol. The highest BCUT2D eigenvalue weighted by Crippen LogP contribution is 2.68. The van der Waals surface area contributed by atoms with Crippen LogP contribution in [0.4, 0.5) is 0 Å². The van der Waals surface area contributed by atoms with Gasteiger partial charge in [0, 0.05) is 0 Å². The average Bonchev–Trinajstić information content (AvgIpc) is 3.03. The highest BCUT2D eigenvalue weighted by molar-refractivity contribution is 5.09. The highest BCUT2D eigenvalue weighted by Gasteiger charge is 2.60. The molecule has 0 saturated heterocycles. The summed E-state index contributed by atoms with van der Waals surface area (Å²) in [6.45, 7) is 15.2. The van der Waals surface area contributed by atoms with E-state index in [2.05, 4.69) is 41.5 Å². The van der Waals surface area contributed by atoms with E-state index >= 15 is 0 Å². The van der Waals surface area contributed by atoms with E-state index in [1.807, 2.05) is 0 Å². The van der Waals surface area contributed by atoms with Gasteiger partial charge in [0.1, 0.15) is 0 Å². The summed E-state index contributed by atoms with van der Waals surface area (Å²) in [5.41, 5.74) is 1.14. The van der Waals surface area contributed by atoms with E-state index in [4.69, 9.17) is 0 Å². The van der Waals surface area contributed by atoms with Crippen molar-refractivity contribution in [1.29, 1.82) is 0 Å². The second-order valence-electron chi connectivity index (χ2n) is 13.1. The summed E-state index contributed by atoms with van der Waals surface area (Å²) in [7, 11) is 0. The zero-order chi connectivity index (χ0) is 21.0. The summed E-state index contributed by atoms with van der Waals surface area (Å²) in [5, 5.41) is 10.3. The Morgan fingerprint density at radius 3 is 2.21 bits per heavy atom. The molecule has 0 heterocycles. The number of fused-ring (bicyclic) bond motifs is 5. The van der Waals surface area contributed by atoms with E-state index in [9.17, 15) is 5.11 Å². The van der Waals surface area contributed by atoms with Crippen molar-refractivity contribution in [2.75, 3.05) is 0 Å². The van der Waals surface area contributed by atoms with Gasteiger partial charge < -0.3 is 5.11 Å². The minimum atomic E-state index is -0.0107. The minimum Gasteiger partial charge on any atom is -0.393 e. The Bertz CT molecular complexity index is 569. The third-order valence-electron chi connectivity index (χ3n) is 11.6. The molecule has 0 aromatic carbocycles. The minimum absolute atomic E-state index is 0.0107. The third-order valence-corrected chi connectivity index (χ3v) is 11.6. The first-order chi connectivity index (χ1) is 13.7. The molecule has 4 saturated carbocycles. The van der Waals surface area contributed by atoms with Crippen molar-refractivity contribution in [2.24, 2.45) is 58.2 Å². The van der Waals surface area contributed by atoms with Gasteiger partial charge >= 0.3 is 0 Å². The van der Waals surface area contributed by atoms with E-state index in [1.54, 1.807) is 0 Å². The van der Waals surface area contributed by atoms with E-state index in [-0.39, 0.29) is 6.10 Å². The molecule has 168 valence electrons. The number of hydrogen-bond donors (Lipinski definition) is 1. The Balaban J connectivity index is 1.46. The van der Waals surface area contributed by atoms with Crippen LogP contribution in [-0.4, -0.2) is 11.2 Å². The largest absolute Gasteiger partial charge is 0.393 e. The van der Waals surface area contributed by atoms with E-state index in [0.717, 1.165) is 60.2 Å². The van der Waals surface area contributed by atoms with E-state index in [0.29, 0.717) is 10.8 Å². The van der Waals surface area contributed by atoms with Gasteiger partial charge in [-0.15, -0.1) is 0 Å². The predicted octanol–water partition coefficient (Wildman–Crippen LogP) is 7.71. The van der Waals surface area contributed by atoms with Crippen LogP contribution in [0.15, 0.2) is 0 Å². The number of hydrogen-bond acceptors (Lipinski definition) is 1. The third kappa shape index (κ3) is 3.74. The number of aliphatic hydroxyl groups excluding tert-OH is 1. The standard InChI is InChI=1S/C28H50O/c1-18(2)19(3)7-8-20(4)24-11-12-25-23-10-9-21-17-22(29)13-15-27(21,5)26(23)14-16-28(24,25)6/h18-26,29H,7-17H2,1-6H3/t19-,20+,21-,22+,23-,24-,25+,26+,27-,28-/m0/s1. The molecule has 4 aliphatic rings. The van der Waals surface area contributed by atoms with Crippen LogP contribution < -0.4 is 0 Å². The SMILES string of the molecule is CC(C)[C@@H](C)CC[C@@H](C)[C@@H]1CC[C@@H]2[C@@H]3CC[C@H]4C[C@H](O)CC[C@]4(C)[C@@H]3CC[C@]21C. The van der Waals surface area contributed by atoms with Crippen LogP contribution in [-0.2, 0) is 0 Å². The molecule has 0 aromatic rings. The van der Waals surface area contributed by atoms with E-state index < -0.39 is 0 Å². The monoisotopic (exact) mass is 402 g/mol. The van der Waals surface area contributed by atoms with Crippen molar-refractivity contribution < 1.29 is 5.11 Å². The molecule has 1 N–H and O–H groups in total. The average molecular weight is 403 g/mol. The van der Waals surface area contributed by atoms with Crippen LogP contribution in [0.3, 0.4) is 0 Å². The van der Waals surface area contributed by atoms with Crippen LogP contribution in [0.25, 0.3) is 0 Å². The maximum atomic E-state index is 10.3. The van der Waals surface area contributed by atoms with E-state index in [1.165, 1.54) is 57.8 Å². The summed E-state index contributed by atoms with van der Waals surface area (Å²) in [6, 6.07) is 0. The quantitative estimate of drug-likeness (QED) is 0.499. The maximum Gasteiger partial charge on any atom is 0.0543 e. The molecule has 0 radical (unpaired) electrons. The van der Waals surface area contributed by atoms with Crippen LogP contribution in [0.2, 0.25) is 0 Å². The fraction of sp³-hybridized carbons (Fsp3) is 1.00. The lowest BCUT2D eigenvalue weighted by molar-refractivity contribution is -0.129. The van der Waals surface area contributed by atoms with Crippen LogP contribution in [0, 0.1) is 58.2 Å². The van der Waals surface area contributed by atoms with Gasteiger partial charge in [-0.25, -0.2) is 0 Å². The Morgan fingerprint density at radius 1 is 0.793 bits per heavy atom. The zero-order valence-corrected chi connectivity index (χ0v) is 20.4. The Kier molecular flexibility index (Phi) is 6.22. The Hall–Kier alpha value is -0.0400. The molecule has 1 nitrogen and oxygen atoms in total. The first-order valence-electron chi connectivity index (χ1n) is 13.3. The molecule has 4 aliphatic carbocycles. The van der Waals surface area contributed by atoms with Crippen LogP contribution in [0.1, 0.15) is 112 Å². The van der Waals surface area contributed by atoms with Crippen molar-refractivity contribution in [1.82, 2.24) is 0 Å². The maximum absolute atomic E-state index is 10.3. The van der Waals surface area contributed by atoms with Crippen molar-refractivity contribution >= 4 is 0 Å². The molecule has 0 bridgehead atoms. The van der Waals surface area contributed by atoms with Gasteiger partial charge in [0.15, 0.2) is 0 Å². The summed E-state index contributed by atoms with van der Waals surface area (Å²) >= 11 is 0. The summed E-state index contributed by atoms with van der Waals surface area (Å²) in [5.74, 6) is 7.28. The lowest BCUT2D eigenvalue weighted by atomic mass is 9.44.